The Bertz CT molecular complexity index is 584. The van der Waals surface area contributed by atoms with E-state index in [4.69, 9.17) is 5.73 Å². The molecule has 0 saturated heterocycles. The molecule has 0 aliphatic carbocycles. The first-order valence-corrected chi connectivity index (χ1v) is 5.96. The average Bonchev–Trinajstić information content (AvgIpc) is 2.71. The number of primary amides is 1. The number of hydrogen-bond acceptors (Lipinski definition) is 2. The van der Waals surface area contributed by atoms with E-state index in [-0.39, 0.29) is 0 Å². The molecule has 0 unspecified atom stereocenters. The molecular formula is C14H17N3O. The number of rotatable bonds is 3. The van der Waals surface area contributed by atoms with Crippen LogP contribution in [0.3, 0.4) is 0 Å². The van der Waals surface area contributed by atoms with Gasteiger partial charge in [-0.15, -0.1) is 0 Å². The van der Waals surface area contributed by atoms with Gasteiger partial charge in [-0.1, -0.05) is 32.0 Å². The number of carbonyl (C=O) groups excluding carboxylic acids is 1. The Morgan fingerprint density at radius 1 is 1.33 bits per heavy atom. The third kappa shape index (κ3) is 2.14. The van der Waals surface area contributed by atoms with Gasteiger partial charge in [0.25, 0.3) is 5.91 Å². The second-order valence-electron chi connectivity index (χ2n) is 4.66. The molecule has 1 heterocycles. The van der Waals surface area contributed by atoms with Crippen LogP contribution in [0.1, 0.15) is 41.5 Å². The van der Waals surface area contributed by atoms with Crippen molar-refractivity contribution in [3.8, 4) is 5.69 Å². The molecule has 4 heteroatoms. The highest BCUT2D eigenvalue weighted by atomic mass is 16.1. The molecular weight excluding hydrogens is 226 g/mol. The van der Waals surface area contributed by atoms with Gasteiger partial charge in [0, 0.05) is 0 Å². The molecule has 1 aromatic carbocycles. The third-order valence-corrected chi connectivity index (χ3v) is 2.87. The molecule has 0 saturated carbocycles. The van der Waals surface area contributed by atoms with Gasteiger partial charge in [-0.25, -0.2) is 4.68 Å². The fourth-order valence-corrected chi connectivity index (χ4v) is 2.03. The van der Waals surface area contributed by atoms with Gasteiger partial charge in [0.1, 0.15) is 5.69 Å². The highest BCUT2D eigenvalue weighted by Gasteiger charge is 2.15. The third-order valence-electron chi connectivity index (χ3n) is 2.87. The van der Waals surface area contributed by atoms with E-state index in [0.29, 0.717) is 11.6 Å². The van der Waals surface area contributed by atoms with E-state index in [2.05, 4.69) is 18.9 Å². The topological polar surface area (TPSA) is 60.9 Å². The lowest BCUT2D eigenvalue weighted by Crippen LogP contribution is -2.17. The maximum absolute atomic E-state index is 11.5. The van der Waals surface area contributed by atoms with E-state index in [1.54, 1.807) is 10.7 Å². The van der Waals surface area contributed by atoms with Gasteiger partial charge in [-0.05, 0) is 30.5 Å². The van der Waals surface area contributed by atoms with Crippen LogP contribution in [0.25, 0.3) is 5.69 Å². The van der Waals surface area contributed by atoms with Crippen molar-refractivity contribution in [2.75, 3.05) is 0 Å². The molecule has 0 aliphatic heterocycles. The average molecular weight is 243 g/mol. The van der Waals surface area contributed by atoms with Crippen molar-refractivity contribution >= 4 is 5.91 Å². The molecule has 0 bridgehead atoms. The van der Waals surface area contributed by atoms with Crippen LogP contribution < -0.4 is 5.73 Å². The Morgan fingerprint density at radius 3 is 2.61 bits per heavy atom. The molecule has 94 valence electrons. The largest absolute Gasteiger partial charge is 0.364 e. The number of aryl methyl sites for hydroxylation is 1. The van der Waals surface area contributed by atoms with Crippen LogP contribution in [-0.4, -0.2) is 15.7 Å². The van der Waals surface area contributed by atoms with E-state index >= 15 is 0 Å². The normalized spacial score (nSPS) is 10.9. The van der Waals surface area contributed by atoms with E-state index in [1.807, 2.05) is 31.2 Å². The van der Waals surface area contributed by atoms with Crippen LogP contribution in [0.15, 0.2) is 30.3 Å². The smallest absolute Gasteiger partial charge is 0.267 e. The van der Waals surface area contributed by atoms with Gasteiger partial charge in [0.2, 0.25) is 0 Å². The number of nitrogens with zero attached hydrogens (tertiary/aromatic N) is 2. The zero-order valence-electron chi connectivity index (χ0n) is 10.8. The van der Waals surface area contributed by atoms with E-state index in [0.717, 1.165) is 16.9 Å². The fourth-order valence-electron chi connectivity index (χ4n) is 2.03. The molecule has 2 rings (SSSR count). The van der Waals surface area contributed by atoms with Gasteiger partial charge in [-0.3, -0.25) is 4.79 Å². The summed E-state index contributed by atoms with van der Waals surface area (Å²) in [7, 11) is 0. The molecule has 0 atom stereocenters. The van der Waals surface area contributed by atoms with E-state index in [9.17, 15) is 4.79 Å². The summed E-state index contributed by atoms with van der Waals surface area (Å²) in [5, 5.41) is 4.36. The predicted molar refractivity (Wildman–Crippen MR) is 70.9 cm³/mol. The highest BCUT2D eigenvalue weighted by Crippen LogP contribution is 2.23. The van der Waals surface area contributed by atoms with Gasteiger partial charge in [0.05, 0.1) is 11.4 Å². The minimum Gasteiger partial charge on any atom is -0.364 e. The lowest BCUT2D eigenvalue weighted by atomic mass is 10.0. The summed E-state index contributed by atoms with van der Waals surface area (Å²) in [6, 6.07) is 9.62. The summed E-state index contributed by atoms with van der Waals surface area (Å²) >= 11 is 0. The monoisotopic (exact) mass is 243 g/mol. The summed E-state index contributed by atoms with van der Waals surface area (Å²) in [4.78, 5) is 11.5. The molecule has 0 aliphatic rings. The van der Waals surface area contributed by atoms with Crippen molar-refractivity contribution in [1.29, 1.82) is 0 Å². The first-order chi connectivity index (χ1) is 8.50. The quantitative estimate of drug-likeness (QED) is 0.899. The Balaban J connectivity index is 2.65. The Hall–Kier alpha value is -2.10. The number of carbonyl (C=O) groups is 1. The molecule has 0 radical (unpaired) electrons. The molecule has 1 aromatic heterocycles. The minimum atomic E-state index is -0.464. The van der Waals surface area contributed by atoms with Crippen molar-refractivity contribution in [2.24, 2.45) is 5.73 Å². The maximum Gasteiger partial charge on any atom is 0.267 e. The summed E-state index contributed by atoms with van der Waals surface area (Å²) < 4.78 is 1.63. The molecule has 2 aromatic rings. The van der Waals surface area contributed by atoms with Crippen molar-refractivity contribution in [3.63, 3.8) is 0 Å². The molecule has 18 heavy (non-hydrogen) atoms. The number of hydrogen-bond donors (Lipinski definition) is 1. The number of nitrogens with two attached hydrogens (primary N) is 1. The first-order valence-electron chi connectivity index (χ1n) is 5.96. The standard InChI is InChI=1S/C14H17N3O/c1-9(2)11-6-4-5-7-12(11)17-13(14(15)18)8-10(3)16-17/h4-9H,1-3H3,(H2,15,18). The zero-order valence-corrected chi connectivity index (χ0v) is 10.8. The number of para-hydroxylation sites is 1. The van der Waals surface area contributed by atoms with Crippen molar-refractivity contribution < 1.29 is 4.79 Å². The predicted octanol–water partition coefficient (Wildman–Crippen LogP) is 2.40. The van der Waals surface area contributed by atoms with E-state index < -0.39 is 5.91 Å². The lowest BCUT2D eigenvalue weighted by molar-refractivity contribution is 0.0993. The molecule has 0 fully saturated rings. The SMILES string of the molecule is Cc1cc(C(N)=O)n(-c2ccccc2C(C)C)n1. The molecule has 4 nitrogen and oxygen atoms in total. The van der Waals surface area contributed by atoms with Crippen molar-refractivity contribution in [3.05, 3.63) is 47.3 Å². The summed E-state index contributed by atoms with van der Waals surface area (Å²) in [6.45, 7) is 6.07. The van der Waals surface area contributed by atoms with Crippen molar-refractivity contribution in [2.45, 2.75) is 26.7 Å². The first kappa shape index (κ1) is 12.4. The number of amides is 1. The van der Waals surface area contributed by atoms with Crippen LogP contribution in [0.4, 0.5) is 0 Å². The van der Waals surface area contributed by atoms with Gasteiger partial charge < -0.3 is 5.73 Å². The van der Waals surface area contributed by atoms with Gasteiger partial charge >= 0.3 is 0 Å². The summed E-state index contributed by atoms with van der Waals surface area (Å²) in [6.07, 6.45) is 0. The molecule has 2 N–H and O–H groups in total. The maximum atomic E-state index is 11.5. The van der Waals surface area contributed by atoms with Crippen molar-refractivity contribution in [1.82, 2.24) is 9.78 Å². The van der Waals surface area contributed by atoms with Crippen LogP contribution in [-0.2, 0) is 0 Å². The number of aromatic nitrogens is 2. The minimum absolute atomic E-state index is 0.353. The van der Waals surface area contributed by atoms with Gasteiger partial charge in [-0.2, -0.15) is 5.10 Å². The Kier molecular flexibility index (Phi) is 3.19. The van der Waals surface area contributed by atoms with E-state index in [1.165, 1.54) is 0 Å². The molecule has 0 spiro atoms. The second kappa shape index (κ2) is 4.64. The van der Waals surface area contributed by atoms with Gasteiger partial charge in [0.15, 0.2) is 0 Å². The Labute approximate surface area is 106 Å². The Morgan fingerprint density at radius 2 is 2.00 bits per heavy atom. The highest BCUT2D eigenvalue weighted by molar-refractivity contribution is 5.91. The summed E-state index contributed by atoms with van der Waals surface area (Å²) in [5.74, 6) is -0.111. The summed E-state index contributed by atoms with van der Waals surface area (Å²) in [5.41, 5.74) is 8.64. The zero-order chi connectivity index (χ0) is 13.3. The second-order valence-corrected chi connectivity index (χ2v) is 4.66. The number of benzene rings is 1. The lowest BCUT2D eigenvalue weighted by Gasteiger charge is -2.13. The van der Waals surface area contributed by atoms with Crippen LogP contribution in [0.2, 0.25) is 0 Å². The van der Waals surface area contributed by atoms with Crippen LogP contribution in [0.5, 0.6) is 0 Å². The van der Waals surface area contributed by atoms with Crippen LogP contribution >= 0.6 is 0 Å². The van der Waals surface area contributed by atoms with Crippen LogP contribution in [0, 0.1) is 6.92 Å². The molecule has 1 amide bonds. The fraction of sp³-hybridized carbons (Fsp3) is 0.286.